The van der Waals surface area contributed by atoms with Crippen molar-refractivity contribution in [3.63, 3.8) is 0 Å². The molecule has 0 amide bonds. The number of primary sulfonamides is 1. The number of nitrogens with two attached hydrogens (primary N) is 1. The highest BCUT2D eigenvalue weighted by Gasteiger charge is 2.33. The van der Waals surface area contributed by atoms with Gasteiger partial charge in [-0.1, -0.05) is 19.8 Å². The number of hydrogen-bond acceptors (Lipinski definition) is 4. The lowest BCUT2D eigenvalue weighted by molar-refractivity contribution is 0.102. The van der Waals surface area contributed by atoms with Crippen molar-refractivity contribution in [3.8, 4) is 0 Å². The fourth-order valence-electron chi connectivity index (χ4n) is 2.48. The van der Waals surface area contributed by atoms with E-state index in [1.54, 1.807) is 0 Å². The zero-order chi connectivity index (χ0) is 12.2. The van der Waals surface area contributed by atoms with Crippen LogP contribution in [-0.4, -0.2) is 38.0 Å². The molecule has 1 saturated carbocycles. The summed E-state index contributed by atoms with van der Waals surface area (Å²) in [5.74, 6) is 0.492. The lowest BCUT2D eigenvalue weighted by Crippen LogP contribution is -2.52. The number of aliphatic hydroxyl groups excluding tert-OH is 1. The van der Waals surface area contributed by atoms with E-state index >= 15 is 0 Å². The van der Waals surface area contributed by atoms with E-state index in [2.05, 4.69) is 12.2 Å². The van der Waals surface area contributed by atoms with Crippen LogP contribution >= 0.6 is 0 Å². The average molecular weight is 250 g/mol. The van der Waals surface area contributed by atoms with Crippen LogP contribution in [-0.2, 0) is 10.0 Å². The molecule has 6 heteroatoms. The molecule has 0 aliphatic heterocycles. The van der Waals surface area contributed by atoms with Gasteiger partial charge >= 0.3 is 0 Å². The second-order valence-corrected chi connectivity index (χ2v) is 6.67. The van der Waals surface area contributed by atoms with Gasteiger partial charge in [0.15, 0.2) is 0 Å². The van der Waals surface area contributed by atoms with Crippen LogP contribution in [0.2, 0.25) is 0 Å². The number of nitrogens with one attached hydrogen (secondary N) is 1. The Morgan fingerprint density at radius 3 is 2.75 bits per heavy atom. The molecule has 2 unspecified atom stereocenters. The average Bonchev–Trinajstić information content (AvgIpc) is 2.16. The topological polar surface area (TPSA) is 92.4 Å². The molecule has 1 aliphatic rings. The minimum Gasteiger partial charge on any atom is -0.394 e. The summed E-state index contributed by atoms with van der Waals surface area (Å²) in [5, 5.41) is 17.5. The van der Waals surface area contributed by atoms with Gasteiger partial charge in [-0.25, -0.2) is 13.6 Å². The normalized spacial score (nSPS) is 31.6. The van der Waals surface area contributed by atoms with Crippen LogP contribution in [0, 0.1) is 5.92 Å². The van der Waals surface area contributed by atoms with Crippen molar-refractivity contribution in [2.45, 2.75) is 38.1 Å². The van der Waals surface area contributed by atoms with Gasteiger partial charge in [-0.2, -0.15) is 0 Å². The zero-order valence-electron chi connectivity index (χ0n) is 9.78. The van der Waals surface area contributed by atoms with Crippen molar-refractivity contribution in [1.82, 2.24) is 5.32 Å². The zero-order valence-corrected chi connectivity index (χ0v) is 10.6. The van der Waals surface area contributed by atoms with Crippen LogP contribution in [0.4, 0.5) is 0 Å². The third kappa shape index (κ3) is 4.37. The quantitative estimate of drug-likeness (QED) is 0.630. The SMILES string of the molecule is CC1CCCC(CO)(NCCS(N)(=O)=O)C1. The second-order valence-electron chi connectivity index (χ2n) is 4.93. The summed E-state index contributed by atoms with van der Waals surface area (Å²) < 4.78 is 21.6. The smallest absolute Gasteiger partial charge is 0.210 e. The van der Waals surface area contributed by atoms with E-state index in [0.29, 0.717) is 12.5 Å². The van der Waals surface area contributed by atoms with Crippen LogP contribution in [0.1, 0.15) is 32.6 Å². The summed E-state index contributed by atoms with van der Waals surface area (Å²) in [5.41, 5.74) is -0.303. The van der Waals surface area contributed by atoms with E-state index < -0.39 is 10.0 Å². The van der Waals surface area contributed by atoms with Crippen molar-refractivity contribution < 1.29 is 13.5 Å². The largest absolute Gasteiger partial charge is 0.394 e. The summed E-state index contributed by atoms with van der Waals surface area (Å²) in [4.78, 5) is 0. The highest BCUT2D eigenvalue weighted by Crippen LogP contribution is 2.31. The number of aliphatic hydroxyl groups is 1. The lowest BCUT2D eigenvalue weighted by atomic mass is 9.77. The summed E-state index contributed by atoms with van der Waals surface area (Å²) >= 11 is 0. The first kappa shape index (κ1) is 13.9. The van der Waals surface area contributed by atoms with E-state index in [0.717, 1.165) is 19.3 Å². The molecule has 4 N–H and O–H groups in total. The highest BCUT2D eigenvalue weighted by atomic mass is 32.2. The predicted molar refractivity (Wildman–Crippen MR) is 63.4 cm³/mol. The van der Waals surface area contributed by atoms with Gasteiger partial charge in [0, 0.05) is 12.1 Å². The molecule has 0 saturated heterocycles. The van der Waals surface area contributed by atoms with Crippen molar-refractivity contribution in [2.75, 3.05) is 18.9 Å². The standard InChI is InChI=1S/C10H22N2O3S/c1-9-3-2-4-10(7-9,8-13)12-5-6-16(11,14)15/h9,12-13H,2-8H2,1H3,(H2,11,14,15). The van der Waals surface area contributed by atoms with Gasteiger partial charge in [-0.3, -0.25) is 0 Å². The fourth-order valence-corrected chi connectivity index (χ4v) is 2.87. The maximum atomic E-state index is 10.8. The molecule has 2 atom stereocenters. The van der Waals surface area contributed by atoms with E-state index in [-0.39, 0.29) is 17.9 Å². The lowest BCUT2D eigenvalue weighted by Gasteiger charge is -2.39. The monoisotopic (exact) mass is 250 g/mol. The van der Waals surface area contributed by atoms with Gasteiger partial charge in [0.1, 0.15) is 0 Å². The molecule has 0 radical (unpaired) electrons. The Labute approximate surface area is 97.5 Å². The molecule has 0 aromatic heterocycles. The van der Waals surface area contributed by atoms with Crippen LogP contribution in [0.5, 0.6) is 0 Å². The van der Waals surface area contributed by atoms with E-state index in [9.17, 15) is 13.5 Å². The molecule has 5 nitrogen and oxygen atoms in total. The Hall–Kier alpha value is -0.170. The number of sulfonamides is 1. The molecule has 0 aromatic carbocycles. The Morgan fingerprint density at radius 1 is 1.56 bits per heavy atom. The van der Waals surface area contributed by atoms with Crippen molar-refractivity contribution in [2.24, 2.45) is 11.1 Å². The number of hydrogen-bond donors (Lipinski definition) is 3. The van der Waals surface area contributed by atoms with Gasteiger partial charge in [0.25, 0.3) is 0 Å². The van der Waals surface area contributed by atoms with Crippen molar-refractivity contribution >= 4 is 10.0 Å². The van der Waals surface area contributed by atoms with Crippen LogP contribution < -0.4 is 10.5 Å². The number of rotatable bonds is 5. The Bertz CT molecular complexity index is 318. The summed E-state index contributed by atoms with van der Waals surface area (Å²) in [6.45, 7) is 2.53. The van der Waals surface area contributed by atoms with E-state index in [1.807, 2.05) is 0 Å². The van der Waals surface area contributed by atoms with E-state index in [1.165, 1.54) is 6.42 Å². The molecule has 0 bridgehead atoms. The van der Waals surface area contributed by atoms with Crippen molar-refractivity contribution in [1.29, 1.82) is 0 Å². The fraction of sp³-hybridized carbons (Fsp3) is 1.00. The molecule has 1 aliphatic carbocycles. The first-order chi connectivity index (χ1) is 7.37. The van der Waals surface area contributed by atoms with Crippen LogP contribution in [0.15, 0.2) is 0 Å². The summed E-state index contributed by atoms with van der Waals surface area (Å²) in [6.07, 6.45) is 4.05. The van der Waals surface area contributed by atoms with Gasteiger partial charge in [0.2, 0.25) is 10.0 Å². The highest BCUT2D eigenvalue weighted by molar-refractivity contribution is 7.89. The van der Waals surface area contributed by atoms with E-state index in [4.69, 9.17) is 5.14 Å². The molecule has 0 spiro atoms. The molecule has 0 aromatic rings. The van der Waals surface area contributed by atoms with Crippen LogP contribution in [0.25, 0.3) is 0 Å². The minimum absolute atomic E-state index is 0.0575. The maximum Gasteiger partial charge on any atom is 0.210 e. The van der Waals surface area contributed by atoms with Gasteiger partial charge in [-0.05, 0) is 18.8 Å². The van der Waals surface area contributed by atoms with Gasteiger partial charge in [-0.15, -0.1) is 0 Å². The molecule has 0 heterocycles. The molecule has 16 heavy (non-hydrogen) atoms. The summed E-state index contributed by atoms with van der Waals surface area (Å²) in [6, 6.07) is 0. The minimum atomic E-state index is -3.42. The maximum absolute atomic E-state index is 10.8. The first-order valence-corrected chi connectivity index (χ1v) is 7.45. The molecular formula is C10H22N2O3S. The van der Waals surface area contributed by atoms with Crippen LogP contribution in [0.3, 0.4) is 0 Å². The molecule has 1 fully saturated rings. The first-order valence-electron chi connectivity index (χ1n) is 5.73. The Kier molecular flexibility index (Phi) is 4.73. The summed E-state index contributed by atoms with van der Waals surface area (Å²) in [7, 11) is -3.42. The third-order valence-electron chi connectivity index (χ3n) is 3.28. The third-order valence-corrected chi connectivity index (χ3v) is 4.05. The van der Waals surface area contributed by atoms with Crippen molar-refractivity contribution in [3.05, 3.63) is 0 Å². The Morgan fingerprint density at radius 2 is 2.25 bits per heavy atom. The molecular weight excluding hydrogens is 228 g/mol. The Balaban J connectivity index is 2.47. The molecule has 1 rings (SSSR count). The second kappa shape index (κ2) is 5.44. The molecule has 96 valence electrons. The predicted octanol–water partition coefficient (Wildman–Crippen LogP) is -0.194. The van der Waals surface area contributed by atoms with Gasteiger partial charge < -0.3 is 10.4 Å². The van der Waals surface area contributed by atoms with Gasteiger partial charge in [0.05, 0.1) is 12.4 Å².